The van der Waals surface area contributed by atoms with E-state index in [0.29, 0.717) is 13.1 Å². The third kappa shape index (κ3) is 5.95. The molecule has 5 nitrogen and oxygen atoms in total. The molecular weight excluding hydrogens is 268 g/mol. The van der Waals surface area contributed by atoms with Gasteiger partial charge in [0.15, 0.2) is 0 Å². The zero-order valence-corrected chi connectivity index (χ0v) is 13.0. The molecule has 0 saturated heterocycles. The molecule has 5 heteroatoms. The number of carbonyl (C=O) groups is 2. The average molecular weight is 292 g/mol. The number of rotatable bonds is 8. The molecule has 0 saturated carbocycles. The van der Waals surface area contributed by atoms with Gasteiger partial charge in [-0.15, -0.1) is 0 Å². The predicted octanol–water partition coefficient (Wildman–Crippen LogP) is 1.83. The van der Waals surface area contributed by atoms with Gasteiger partial charge in [-0.1, -0.05) is 37.3 Å². The Kier molecular flexibility index (Phi) is 6.88. The molecule has 0 radical (unpaired) electrons. The van der Waals surface area contributed by atoms with Crippen LogP contribution in [0.3, 0.4) is 0 Å². The van der Waals surface area contributed by atoms with Gasteiger partial charge >= 0.3 is 5.97 Å². The van der Waals surface area contributed by atoms with Crippen molar-refractivity contribution in [1.82, 2.24) is 9.80 Å². The minimum atomic E-state index is -0.842. The smallest absolute Gasteiger partial charge is 0.304 e. The number of carboxylic acids is 1. The zero-order chi connectivity index (χ0) is 15.8. The molecule has 0 fully saturated rings. The Balaban J connectivity index is 2.55. The Bertz CT molecular complexity index is 462. The van der Waals surface area contributed by atoms with Crippen LogP contribution in [-0.2, 0) is 16.1 Å². The van der Waals surface area contributed by atoms with Crippen molar-refractivity contribution in [3.63, 3.8) is 0 Å². The monoisotopic (exact) mass is 292 g/mol. The summed E-state index contributed by atoms with van der Waals surface area (Å²) in [4.78, 5) is 26.6. The first kappa shape index (κ1) is 17.2. The van der Waals surface area contributed by atoms with Crippen LogP contribution in [0.2, 0.25) is 0 Å². The third-order valence-electron chi connectivity index (χ3n) is 3.53. The van der Waals surface area contributed by atoms with Gasteiger partial charge in [0.05, 0.1) is 13.0 Å². The molecule has 1 amide bonds. The number of aliphatic carboxylic acids is 1. The lowest BCUT2D eigenvalue weighted by molar-refractivity contribution is -0.139. The van der Waals surface area contributed by atoms with E-state index >= 15 is 0 Å². The molecule has 116 valence electrons. The summed E-state index contributed by atoms with van der Waals surface area (Å²) >= 11 is 0. The molecule has 0 spiro atoms. The minimum absolute atomic E-state index is 0.00191. The lowest BCUT2D eigenvalue weighted by atomic mass is 10.2. The van der Waals surface area contributed by atoms with Gasteiger partial charge in [-0.3, -0.25) is 14.5 Å². The Morgan fingerprint density at radius 2 is 1.86 bits per heavy atom. The molecule has 1 rings (SSSR count). The van der Waals surface area contributed by atoms with Crippen LogP contribution in [0.4, 0.5) is 0 Å². The summed E-state index contributed by atoms with van der Waals surface area (Å²) in [5, 5.41) is 8.84. The van der Waals surface area contributed by atoms with Crippen molar-refractivity contribution >= 4 is 11.9 Å². The predicted molar refractivity (Wildman–Crippen MR) is 81.9 cm³/mol. The number of hydrogen-bond donors (Lipinski definition) is 1. The standard InChI is InChI=1S/C16H24N2O3/c1-4-18(13(2)10-16(20)21)12-15(19)17(3)11-14-8-6-5-7-9-14/h5-9,13H,4,10-12H2,1-3H3,(H,20,21). The van der Waals surface area contributed by atoms with E-state index in [9.17, 15) is 9.59 Å². The van der Waals surface area contributed by atoms with Crippen LogP contribution in [0.25, 0.3) is 0 Å². The van der Waals surface area contributed by atoms with Gasteiger partial charge in [0, 0.05) is 19.6 Å². The lowest BCUT2D eigenvalue weighted by Gasteiger charge is -2.28. The van der Waals surface area contributed by atoms with Gasteiger partial charge in [-0.25, -0.2) is 0 Å². The van der Waals surface area contributed by atoms with Crippen LogP contribution < -0.4 is 0 Å². The molecule has 1 atom stereocenters. The lowest BCUT2D eigenvalue weighted by Crippen LogP contribution is -2.43. The van der Waals surface area contributed by atoms with Gasteiger partial charge in [0.1, 0.15) is 0 Å². The van der Waals surface area contributed by atoms with Gasteiger partial charge < -0.3 is 10.0 Å². The van der Waals surface area contributed by atoms with Gasteiger partial charge in [0.2, 0.25) is 5.91 Å². The fourth-order valence-electron chi connectivity index (χ4n) is 2.20. The fraction of sp³-hybridized carbons (Fsp3) is 0.500. The largest absolute Gasteiger partial charge is 0.481 e. The van der Waals surface area contributed by atoms with Crippen LogP contribution in [0, 0.1) is 0 Å². The van der Waals surface area contributed by atoms with Crippen LogP contribution >= 0.6 is 0 Å². The average Bonchev–Trinajstić information content (AvgIpc) is 2.44. The summed E-state index contributed by atoms with van der Waals surface area (Å²) in [6, 6.07) is 9.64. The Hall–Kier alpha value is -1.88. The SMILES string of the molecule is CCN(CC(=O)N(C)Cc1ccccc1)C(C)CC(=O)O. The number of likely N-dealkylation sites (N-methyl/N-ethyl adjacent to an activating group) is 2. The van der Waals surface area contributed by atoms with Crippen LogP contribution in [0.15, 0.2) is 30.3 Å². The molecule has 1 aromatic rings. The van der Waals surface area contributed by atoms with Gasteiger partial charge in [-0.05, 0) is 19.0 Å². The van der Waals surface area contributed by atoms with Gasteiger partial charge in [0.25, 0.3) is 0 Å². The summed E-state index contributed by atoms with van der Waals surface area (Å²) in [6.07, 6.45) is 0.0452. The first-order valence-electron chi connectivity index (χ1n) is 7.17. The third-order valence-corrected chi connectivity index (χ3v) is 3.53. The normalized spacial score (nSPS) is 12.2. The van der Waals surface area contributed by atoms with Crippen LogP contribution in [0.1, 0.15) is 25.8 Å². The molecule has 1 unspecified atom stereocenters. The topological polar surface area (TPSA) is 60.9 Å². The second kappa shape index (κ2) is 8.42. The number of benzene rings is 1. The van der Waals surface area contributed by atoms with E-state index in [1.54, 1.807) is 11.9 Å². The van der Waals surface area contributed by atoms with Crippen molar-refractivity contribution in [1.29, 1.82) is 0 Å². The molecule has 1 N–H and O–H groups in total. The van der Waals surface area contributed by atoms with E-state index in [2.05, 4.69) is 0 Å². The van der Waals surface area contributed by atoms with Crippen molar-refractivity contribution in [3.8, 4) is 0 Å². The Morgan fingerprint density at radius 1 is 1.24 bits per heavy atom. The number of carboxylic acid groups (broad SMARTS) is 1. The molecule has 0 aliphatic rings. The van der Waals surface area contributed by atoms with E-state index in [4.69, 9.17) is 5.11 Å². The number of nitrogens with zero attached hydrogens (tertiary/aromatic N) is 2. The van der Waals surface area contributed by atoms with Crippen molar-refractivity contribution in [2.75, 3.05) is 20.1 Å². The first-order valence-corrected chi connectivity index (χ1v) is 7.17. The van der Waals surface area contributed by atoms with E-state index in [1.165, 1.54) is 0 Å². The quantitative estimate of drug-likeness (QED) is 0.794. The van der Waals surface area contributed by atoms with Crippen LogP contribution in [0.5, 0.6) is 0 Å². The number of hydrogen-bond acceptors (Lipinski definition) is 3. The van der Waals surface area contributed by atoms with Crippen molar-refractivity contribution < 1.29 is 14.7 Å². The van der Waals surface area contributed by atoms with E-state index in [1.807, 2.05) is 49.1 Å². The van der Waals surface area contributed by atoms with E-state index < -0.39 is 5.97 Å². The fourth-order valence-corrected chi connectivity index (χ4v) is 2.20. The van der Waals surface area contributed by atoms with E-state index in [-0.39, 0.29) is 24.9 Å². The molecule has 21 heavy (non-hydrogen) atoms. The summed E-state index contributed by atoms with van der Waals surface area (Å²) < 4.78 is 0. The highest BCUT2D eigenvalue weighted by molar-refractivity contribution is 5.78. The summed E-state index contributed by atoms with van der Waals surface area (Å²) in [7, 11) is 1.77. The second-order valence-electron chi connectivity index (χ2n) is 5.25. The summed E-state index contributed by atoms with van der Waals surface area (Å²) in [5.41, 5.74) is 1.08. The highest BCUT2D eigenvalue weighted by Crippen LogP contribution is 2.07. The van der Waals surface area contributed by atoms with Crippen molar-refractivity contribution in [3.05, 3.63) is 35.9 Å². The second-order valence-corrected chi connectivity index (χ2v) is 5.25. The molecular formula is C16H24N2O3. The minimum Gasteiger partial charge on any atom is -0.481 e. The molecule has 0 aliphatic carbocycles. The van der Waals surface area contributed by atoms with Crippen molar-refractivity contribution in [2.24, 2.45) is 0 Å². The zero-order valence-electron chi connectivity index (χ0n) is 13.0. The maximum Gasteiger partial charge on any atom is 0.304 e. The number of amides is 1. The summed E-state index contributed by atoms with van der Waals surface area (Å²) in [5.74, 6) is -0.844. The Labute approximate surface area is 126 Å². The first-order chi connectivity index (χ1) is 9.93. The molecule has 0 heterocycles. The molecule has 0 aliphatic heterocycles. The molecule has 0 aromatic heterocycles. The van der Waals surface area contributed by atoms with Gasteiger partial charge in [-0.2, -0.15) is 0 Å². The highest BCUT2D eigenvalue weighted by atomic mass is 16.4. The number of carbonyl (C=O) groups excluding carboxylic acids is 1. The van der Waals surface area contributed by atoms with Crippen molar-refractivity contribution in [2.45, 2.75) is 32.9 Å². The molecule has 0 bridgehead atoms. The summed E-state index contributed by atoms with van der Waals surface area (Å²) in [6.45, 7) is 5.23. The Morgan fingerprint density at radius 3 is 2.38 bits per heavy atom. The maximum atomic E-state index is 12.2. The maximum absolute atomic E-state index is 12.2. The molecule has 1 aromatic carbocycles. The highest BCUT2D eigenvalue weighted by Gasteiger charge is 2.20. The van der Waals surface area contributed by atoms with E-state index in [0.717, 1.165) is 5.56 Å². The van der Waals surface area contributed by atoms with Crippen LogP contribution in [-0.4, -0.2) is 53.0 Å².